The van der Waals surface area contributed by atoms with Crippen molar-refractivity contribution < 1.29 is 17.9 Å². The van der Waals surface area contributed by atoms with Crippen LogP contribution in [0, 0.1) is 6.92 Å². The molecule has 5 nitrogen and oxygen atoms in total. The van der Waals surface area contributed by atoms with Crippen LogP contribution in [-0.2, 0) is 14.6 Å². The van der Waals surface area contributed by atoms with E-state index < -0.39 is 21.4 Å². The first-order valence-electron chi connectivity index (χ1n) is 5.42. The first-order chi connectivity index (χ1) is 8.00. The van der Waals surface area contributed by atoms with Crippen molar-refractivity contribution in [3.63, 3.8) is 0 Å². The van der Waals surface area contributed by atoms with Gasteiger partial charge < -0.3 is 4.74 Å². The van der Waals surface area contributed by atoms with Crippen LogP contribution in [0.15, 0.2) is 17.2 Å². The number of carbonyl (C=O) groups is 1. The van der Waals surface area contributed by atoms with Crippen molar-refractivity contribution in [2.24, 2.45) is 0 Å². The molecular formula is C12H17NO4S. The van der Waals surface area contributed by atoms with E-state index in [0.717, 1.165) is 6.26 Å². The second-order valence-corrected chi connectivity index (χ2v) is 7.05. The third-order valence-electron chi connectivity index (χ3n) is 2.04. The number of hydrogen-bond acceptors (Lipinski definition) is 5. The van der Waals surface area contributed by atoms with Gasteiger partial charge in [0.1, 0.15) is 5.60 Å². The number of aryl methyl sites for hydroxylation is 1. The molecule has 0 amide bonds. The zero-order valence-electron chi connectivity index (χ0n) is 11.1. The smallest absolute Gasteiger partial charge is 0.357 e. The average molecular weight is 271 g/mol. The molecule has 100 valence electrons. The molecule has 1 heterocycles. The van der Waals surface area contributed by atoms with Gasteiger partial charge in [0.05, 0.1) is 0 Å². The molecule has 0 fully saturated rings. The van der Waals surface area contributed by atoms with Gasteiger partial charge in [-0.15, -0.1) is 0 Å². The van der Waals surface area contributed by atoms with Gasteiger partial charge in [0.2, 0.25) is 0 Å². The Morgan fingerprint density at radius 3 is 2.28 bits per heavy atom. The van der Waals surface area contributed by atoms with Crippen molar-refractivity contribution >= 4 is 15.8 Å². The van der Waals surface area contributed by atoms with E-state index in [-0.39, 0.29) is 10.7 Å². The number of hydrogen-bond donors (Lipinski definition) is 0. The SMILES string of the molecule is Cc1ccc(S(C)(=O)=O)nc1C(=O)OC(C)(C)C. The molecule has 0 unspecified atom stereocenters. The molecule has 0 saturated carbocycles. The highest BCUT2D eigenvalue weighted by Crippen LogP contribution is 2.15. The van der Waals surface area contributed by atoms with E-state index in [9.17, 15) is 13.2 Å². The molecule has 1 rings (SSSR count). The second-order valence-electron chi connectivity index (χ2n) is 5.09. The highest BCUT2D eigenvalue weighted by Gasteiger charge is 2.22. The van der Waals surface area contributed by atoms with Gasteiger partial charge >= 0.3 is 5.97 Å². The number of pyridine rings is 1. The average Bonchev–Trinajstić information content (AvgIpc) is 2.13. The minimum Gasteiger partial charge on any atom is -0.455 e. The molecule has 0 bridgehead atoms. The molecule has 18 heavy (non-hydrogen) atoms. The Bertz CT molecular complexity index is 570. The monoisotopic (exact) mass is 271 g/mol. The maximum atomic E-state index is 11.9. The van der Waals surface area contributed by atoms with E-state index in [1.807, 2.05) is 0 Å². The quantitative estimate of drug-likeness (QED) is 0.766. The van der Waals surface area contributed by atoms with Gasteiger partial charge in [-0.25, -0.2) is 18.2 Å². The van der Waals surface area contributed by atoms with E-state index in [1.165, 1.54) is 6.07 Å². The summed E-state index contributed by atoms with van der Waals surface area (Å²) >= 11 is 0. The van der Waals surface area contributed by atoms with Crippen molar-refractivity contribution in [2.45, 2.75) is 38.3 Å². The molecule has 0 N–H and O–H groups in total. The minimum absolute atomic E-state index is 0.0350. The van der Waals surface area contributed by atoms with Crippen molar-refractivity contribution in [3.8, 4) is 0 Å². The van der Waals surface area contributed by atoms with Gasteiger partial charge in [-0.05, 0) is 39.3 Å². The predicted octanol–water partition coefficient (Wildman–Crippen LogP) is 1.75. The fourth-order valence-corrected chi connectivity index (χ4v) is 1.82. The van der Waals surface area contributed by atoms with Crippen molar-refractivity contribution in [3.05, 3.63) is 23.4 Å². The van der Waals surface area contributed by atoms with E-state index in [0.29, 0.717) is 5.56 Å². The lowest BCUT2D eigenvalue weighted by atomic mass is 10.2. The summed E-state index contributed by atoms with van der Waals surface area (Å²) in [6.07, 6.45) is 1.05. The zero-order valence-corrected chi connectivity index (χ0v) is 12.0. The first-order valence-corrected chi connectivity index (χ1v) is 7.31. The van der Waals surface area contributed by atoms with E-state index in [4.69, 9.17) is 4.74 Å². The number of ether oxygens (including phenoxy) is 1. The summed E-state index contributed by atoms with van der Waals surface area (Å²) in [6, 6.07) is 2.92. The summed E-state index contributed by atoms with van der Waals surface area (Å²) < 4.78 is 28.0. The molecule has 0 aliphatic rings. The van der Waals surface area contributed by atoms with E-state index in [1.54, 1.807) is 33.8 Å². The molecule has 0 spiro atoms. The van der Waals surface area contributed by atoms with Gasteiger partial charge in [0.15, 0.2) is 20.6 Å². The molecule has 6 heteroatoms. The number of rotatable bonds is 2. The lowest BCUT2D eigenvalue weighted by Crippen LogP contribution is -2.25. The Morgan fingerprint density at radius 2 is 1.83 bits per heavy atom. The van der Waals surface area contributed by atoms with Crippen LogP contribution in [0.4, 0.5) is 0 Å². The van der Waals surface area contributed by atoms with Gasteiger partial charge in [0.25, 0.3) is 0 Å². The summed E-state index contributed by atoms with van der Waals surface area (Å²) in [5.74, 6) is -0.620. The molecule has 1 aromatic rings. The van der Waals surface area contributed by atoms with Crippen molar-refractivity contribution in [2.75, 3.05) is 6.26 Å². The molecule has 0 aromatic carbocycles. The molecule has 0 atom stereocenters. The Labute approximate surface area is 107 Å². The maximum Gasteiger partial charge on any atom is 0.357 e. The molecule has 0 saturated heterocycles. The number of carbonyl (C=O) groups excluding carboxylic acids is 1. The molecule has 0 radical (unpaired) electrons. The van der Waals surface area contributed by atoms with Gasteiger partial charge in [0, 0.05) is 6.26 Å². The summed E-state index contributed by atoms with van der Waals surface area (Å²) in [6.45, 7) is 6.89. The second kappa shape index (κ2) is 4.68. The maximum absolute atomic E-state index is 11.9. The van der Waals surface area contributed by atoms with Crippen LogP contribution in [-0.4, -0.2) is 31.2 Å². The van der Waals surface area contributed by atoms with Crippen LogP contribution in [0.3, 0.4) is 0 Å². The Balaban J connectivity index is 3.21. The summed E-state index contributed by atoms with van der Waals surface area (Å²) in [7, 11) is -3.44. The van der Waals surface area contributed by atoms with E-state index in [2.05, 4.69) is 4.98 Å². The summed E-state index contributed by atoms with van der Waals surface area (Å²) in [4.78, 5) is 15.7. The Morgan fingerprint density at radius 1 is 1.28 bits per heavy atom. The fraction of sp³-hybridized carbons (Fsp3) is 0.500. The van der Waals surface area contributed by atoms with Crippen LogP contribution in [0.1, 0.15) is 36.8 Å². The van der Waals surface area contributed by atoms with Crippen LogP contribution in [0.2, 0.25) is 0 Å². The molecular weight excluding hydrogens is 254 g/mol. The topological polar surface area (TPSA) is 73.3 Å². The number of nitrogens with zero attached hydrogens (tertiary/aromatic N) is 1. The molecule has 0 aliphatic carbocycles. The number of aromatic nitrogens is 1. The fourth-order valence-electron chi connectivity index (χ4n) is 1.25. The molecule has 0 aliphatic heterocycles. The van der Waals surface area contributed by atoms with Crippen LogP contribution < -0.4 is 0 Å². The predicted molar refractivity (Wildman–Crippen MR) is 67.3 cm³/mol. The minimum atomic E-state index is -3.44. The third kappa shape index (κ3) is 3.80. The van der Waals surface area contributed by atoms with Gasteiger partial charge in [-0.3, -0.25) is 0 Å². The Hall–Kier alpha value is -1.43. The van der Waals surface area contributed by atoms with Crippen molar-refractivity contribution in [1.29, 1.82) is 0 Å². The first kappa shape index (κ1) is 14.6. The lowest BCUT2D eigenvalue weighted by Gasteiger charge is -2.19. The number of sulfone groups is 1. The van der Waals surface area contributed by atoms with E-state index >= 15 is 0 Å². The number of esters is 1. The highest BCUT2D eigenvalue weighted by molar-refractivity contribution is 7.90. The van der Waals surface area contributed by atoms with Gasteiger partial charge in [-0.2, -0.15) is 0 Å². The van der Waals surface area contributed by atoms with Crippen LogP contribution in [0.25, 0.3) is 0 Å². The summed E-state index contributed by atoms with van der Waals surface area (Å²) in [5.41, 5.74) is -0.0313. The standard InChI is InChI=1S/C12H17NO4S/c1-8-6-7-9(18(5,15)16)13-10(8)11(14)17-12(2,3)4/h6-7H,1-5H3. The van der Waals surface area contributed by atoms with Crippen LogP contribution in [0.5, 0.6) is 0 Å². The largest absolute Gasteiger partial charge is 0.455 e. The Kier molecular flexibility index (Phi) is 3.81. The normalized spacial score (nSPS) is 12.3. The molecule has 1 aromatic heterocycles. The van der Waals surface area contributed by atoms with Crippen LogP contribution >= 0.6 is 0 Å². The third-order valence-corrected chi connectivity index (χ3v) is 3.03. The van der Waals surface area contributed by atoms with Gasteiger partial charge in [-0.1, -0.05) is 6.07 Å². The zero-order chi connectivity index (χ0) is 14.1. The summed E-state index contributed by atoms with van der Waals surface area (Å²) in [5, 5.41) is -0.131. The lowest BCUT2D eigenvalue weighted by molar-refractivity contribution is 0.00612. The highest BCUT2D eigenvalue weighted by atomic mass is 32.2. The van der Waals surface area contributed by atoms with Crippen molar-refractivity contribution in [1.82, 2.24) is 4.98 Å².